The van der Waals surface area contributed by atoms with E-state index in [4.69, 9.17) is 9.84 Å². The molecule has 1 aromatic carbocycles. The van der Waals surface area contributed by atoms with Crippen molar-refractivity contribution >= 4 is 5.97 Å². The number of halogens is 1. The fraction of sp³-hybridized carbons (Fsp3) is 0.300. The van der Waals surface area contributed by atoms with Crippen LogP contribution in [0.2, 0.25) is 0 Å². The molecule has 0 bridgehead atoms. The Balaban J connectivity index is 2.44. The second kappa shape index (κ2) is 2.70. The molecule has 1 unspecified atom stereocenters. The molecule has 1 aromatic rings. The summed E-state index contributed by atoms with van der Waals surface area (Å²) in [7, 11) is 0. The van der Waals surface area contributed by atoms with Crippen LogP contribution in [0.15, 0.2) is 18.2 Å². The Morgan fingerprint density at radius 1 is 1.64 bits per heavy atom. The maximum Gasteiger partial charge on any atom is 0.348 e. The smallest absolute Gasteiger partial charge is 0.348 e. The van der Waals surface area contributed by atoms with E-state index < -0.39 is 17.4 Å². The van der Waals surface area contributed by atoms with E-state index in [1.165, 1.54) is 19.1 Å². The summed E-state index contributed by atoms with van der Waals surface area (Å²) in [5.74, 6) is -1.16. The zero-order valence-electron chi connectivity index (χ0n) is 7.58. The Kier molecular flexibility index (Phi) is 1.74. The van der Waals surface area contributed by atoms with Crippen LogP contribution in [0.4, 0.5) is 4.39 Å². The molecule has 0 fully saturated rings. The second-order valence-corrected chi connectivity index (χ2v) is 3.53. The third-order valence-electron chi connectivity index (χ3n) is 2.38. The number of carboxylic acids is 1. The van der Waals surface area contributed by atoms with Gasteiger partial charge in [0.25, 0.3) is 0 Å². The minimum atomic E-state index is -1.33. The van der Waals surface area contributed by atoms with Crippen molar-refractivity contribution in [2.24, 2.45) is 0 Å². The summed E-state index contributed by atoms with van der Waals surface area (Å²) in [6.45, 7) is 1.44. The Hall–Kier alpha value is -1.58. The normalized spacial score (nSPS) is 24.1. The molecule has 0 amide bonds. The summed E-state index contributed by atoms with van der Waals surface area (Å²) in [6.07, 6.45) is 0.0737. The van der Waals surface area contributed by atoms with Gasteiger partial charge in [0, 0.05) is 12.0 Å². The zero-order valence-corrected chi connectivity index (χ0v) is 7.58. The van der Waals surface area contributed by atoms with Gasteiger partial charge in [-0.3, -0.25) is 0 Å². The quantitative estimate of drug-likeness (QED) is 0.742. The summed E-state index contributed by atoms with van der Waals surface area (Å²) in [4.78, 5) is 10.9. The van der Waals surface area contributed by atoms with Gasteiger partial charge >= 0.3 is 5.97 Å². The lowest BCUT2D eigenvalue weighted by molar-refractivity contribution is -0.152. The molecule has 3 nitrogen and oxygen atoms in total. The molecule has 0 saturated carbocycles. The number of carboxylic acid groups (broad SMARTS) is 1. The van der Waals surface area contributed by atoms with E-state index in [9.17, 15) is 9.18 Å². The van der Waals surface area contributed by atoms with Crippen molar-refractivity contribution in [3.63, 3.8) is 0 Å². The lowest BCUT2D eigenvalue weighted by Crippen LogP contribution is -2.39. The number of carbonyl (C=O) groups is 1. The van der Waals surface area contributed by atoms with Crippen LogP contribution in [0.3, 0.4) is 0 Å². The van der Waals surface area contributed by atoms with Gasteiger partial charge in [-0.1, -0.05) is 6.07 Å². The van der Waals surface area contributed by atoms with Crippen molar-refractivity contribution in [2.75, 3.05) is 0 Å². The van der Waals surface area contributed by atoms with Gasteiger partial charge in [0.05, 0.1) is 0 Å². The zero-order chi connectivity index (χ0) is 10.3. The molecule has 74 valence electrons. The second-order valence-electron chi connectivity index (χ2n) is 3.53. The van der Waals surface area contributed by atoms with E-state index >= 15 is 0 Å². The summed E-state index contributed by atoms with van der Waals surface area (Å²) < 4.78 is 18.4. The third-order valence-corrected chi connectivity index (χ3v) is 2.38. The monoisotopic (exact) mass is 196 g/mol. The average Bonchev–Trinajstić information content (AvgIpc) is 2.45. The highest BCUT2D eigenvalue weighted by Gasteiger charge is 2.43. The number of ether oxygens (including phenoxy) is 1. The molecule has 1 heterocycles. The maximum absolute atomic E-state index is 13.2. The molecule has 1 aliphatic heterocycles. The number of aliphatic carboxylic acids is 1. The van der Waals surface area contributed by atoms with Gasteiger partial charge in [0.2, 0.25) is 5.60 Å². The SMILES string of the molecule is CC1(C(=O)O)Cc2c(F)cccc2O1. The average molecular weight is 196 g/mol. The fourth-order valence-electron chi connectivity index (χ4n) is 1.54. The van der Waals surface area contributed by atoms with Crippen molar-refractivity contribution in [3.8, 4) is 5.75 Å². The molecular formula is C10H9FO3. The molecular weight excluding hydrogens is 187 g/mol. The number of hydrogen-bond donors (Lipinski definition) is 1. The fourth-order valence-corrected chi connectivity index (χ4v) is 1.54. The van der Waals surface area contributed by atoms with Crippen molar-refractivity contribution in [2.45, 2.75) is 18.9 Å². The third kappa shape index (κ3) is 1.14. The Labute approximate surface area is 80.1 Å². The first-order chi connectivity index (χ1) is 6.53. The van der Waals surface area contributed by atoms with E-state index in [1.54, 1.807) is 6.07 Å². The first-order valence-electron chi connectivity index (χ1n) is 4.23. The molecule has 0 aliphatic carbocycles. The molecule has 0 aromatic heterocycles. The van der Waals surface area contributed by atoms with Gasteiger partial charge in [0.15, 0.2) is 0 Å². The Bertz CT molecular complexity index is 402. The van der Waals surface area contributed by atoms with Crippen LogP contribution < -0.4 is 4.74 Å². The first kappa shape index (κ1) is 8.99. The Morgan fingerprint density at radius 2 is 2.36 bits per heavy atom. The van der Waals surface area contributed by atoms with Crippen LogP contribution in [0.1, 0.15) is 12.5 Å². The van der Waals surface area contributed by atoms with E-state index in [2.05, 4.69) is 0 Å². The van der Waals surface area contributed by atoms with Crippen LogP contribution in [0, 0.1) is 5.82 Å². The summed E-state index contributed by atoms with van der Waals surface area (Å²) in [5, 5.41) is 8.89. The van der Waals surface area contributed by atoms with E-state index in [-0.39, 0.29) is 6.42 Å². The van der Waals surface area contributed by atoms with Crippen LogP contribution in [0.25, 0.3) is 0 Å². The molecule has 2 rings (SSSR count). The lowest BCUT2D eigenvalue weighted by atomic mass is 9.99. The molecule has 0 saturated heterocycles. The highest BCUT2D eigenvalue weighted by molar-refractivity contribution is 5.79. The highest BCUT2D eigenvalue weighted by Crippen LogP contribution is 2.36. The molecule has 1 N–H and O–H groups in total. The first-order valence-corrected chi connectivity index (χ1v) is 4.23. The highest BCUT2D eigenvalue weighted by atomic mass is 19.1. The summed E-state index contributed by atoms with van der Waals surface area (Å²) >= 11 is 0. The van der Waals surface area contributed by atoms with Crippen LogP contribution in [-0.2, 0) is 11.2 Å². The number of hydrogen-bond acceptors (Lipinski definition) is 2. The molecule has 4 heteroatoms. The van der Waals surface area contributed by atoms with Crippen molar-refractivity contribution in [1.29, 1.82) is 0 Å². The molecule has 1 atom stereocenters. The number of benzene rings is 1. The molecule has 1 aliphatic rings. The lowest BCUT2D eigenvalue weighted by Gasteiger charge is -2.17. The minimum absolute atomic E-state index is 0.0737. The predicted octanol–water partition coefficient (Wildman–Crippen LogP) is 1.60. The van der Waals surface area contributed by atoms with Gasteiger partial charge in [0.1, 0.15) is 11.6 Å². The van der Waals surface area contributed by atoms with Crippen LogP contribution >= 0.6 is 0 Å². The summed E-state index contributed by atoms with van der Waals surface area (Å²) in [5.41, 5.74) is -0.984. The number of rotatable bonds is 1. The van der Waals surface area contributed by atoms with E-state index in [1.807, 2.05) is 0 Å². The Morgan fingerprint density at radius 3 is 2.93 bits per heavy atom. The maximum atomic E-state index is 13.2. The van der Waals surface area contributed by atoms with Gasteiger partial charge < -0.3 is 9.84 Å². The molecule has 0 spiro atoms. The minimum Gasteiger partial charge on any atom is -0.478 e. The van der Waals surface area contributed by atoms with Crippen molar-refractivity contribution in [3.05, 3.63) is 29.6 Å². The standard InChI is InChI=1S/C10H9FO3/c1-10(9(12)13)5-6-7(11)3-2-4-8(6)14-10/h2-4H,5H2,1H3,(H,12,13). The van der Waals surface area contributed by atoms with Gasteiger partial charge in [-0.25, -0.2) is 9.18 Å². The van der Waals surface area contributed by atoms with Gasteiger partial charge in [-0.05, 0) is 19.1 Å². The van der Waals surface area contributed by atoms with Gasteiger partial charge in [-0.2, -0.15) is 0 Å². The van der Waals surface area contributed by atoms with Crippen LogP contribution in [-0.4, -0.2) is 16.7 Å². The van der Waals surface area contributed by atoms with E-state index in [0.717, 1.165) is 0 Å². The largest absolute Gasteiger partial charge is 0.478 e. The topological polar surface area (TPSA) is 46.5 Å². The van der Waals surface area contributed by atoms with Crippen molar-refractivity contribution in [1.82, 2.24) is 0 Å². The molecule has 0 radical (unpaired) electrons. The van der Waals surface area contributed by atoms with Crippen LogP contribution in [0.5, 0.6) is 5.75 Å². The van der Waals surface area contributed by atoms with Gasteiger partial charge in [-0.15, -0.1) is 0 Å². The molecule has 14 heavy (non-hydrogen) atoms. The van der Waals surface area contributed by atoms with E-state index in [0.29, 0.717) is 11.3 Å². The van der Waals surface area contributed by atoms with Crippen molar-refractivity contribution < 1.29 is 19.0 Å². The summed E-state index contributed by atoms with van der Waals surface area (Å²) in [6, 6.07) is 4.38. The predicted molar refractivity (Wildman–Crippen MR) is 46.8 cm³/mol. The number of fused-ring (bicyclic) bond motifs is 1.